The van der Waals surface area contributed by atoms with Gasteiger partial charge < -0.3 is 25.8 Å². The lowest BCUT2D eigenvalue weighted by Crippen LogP contribution is -2.52. The summed E-state index contributed by atoms with van der Waals surface area (Å²) < 4.78 is 0. The van der Waals surface area contributed by atoms with Gasteiger partial charge in [-0.25, -0.2) is 4.79 Å². The number of urea groups is 1. The van der Waals surface area contributed by atoms with Gasteiger partial charge in [0.05, 0.1) is 0 Å². The molecule has 0 aromatic heterocycles. The minimum atomic E-state index is 0. The summed E-state index contributed by atoms with van der Waals surface area (Å²) in [5, 5.41) is 2.96. The molecule has 0 spiro atoms. The molecule has 1 aromatic carbocycles. The first-order valence-electron chi connectivity index (χ1n) is 7.34. The molecule has 124 valence electrons. The number of nitrogens with zero attached hydrogens (tertiary/aromatic N) is 3. The summed E-state index contributed by atoms with van der Waals surface area (Å²) in [4.78, 5) is 18.2. The molecule has 2 amide bonds. The molecule has 1 heterocycles. The summed E-state index contributed by atoms with van der Waals surface area (Å²) in [5.74, 6) is 0. The molecule has 1 aliphatic rings. The molecule has 0 atom stereocenters. The normalized spacial score (nSPS) is 14.7. The van der Waals surface area contributed by atoms with E-state index in [1.54, 1.807) is 0 Å². The minimum Gasteiger partial charge on any atom is -0.399 e. The molecule has 1 fully saturated rings. The maximum Gasteiger partial charge on any atom is 0.317 e. The van der Waals surface area contributed by atoms with E-state index < -0.39 is 0 Å². The van der Waals surface area contributed by atoms with Gasteiger partial charge in [0.25, 0.3) is 0 Å². The lowest BCUT2D eigenvalue weighted by atomic mass is 10.2. The summed E-state index contributed by atoms with van der Waals surface area (Å²) in [5.41, 5.74) is 7.64. The third-order valence-electron chi connectivity index (χ3n) is 3.66. The first-order chi connectivity index (χ1) is 10.1. The number of likely N-dealkylation sites (N-methyl/N-ethyl adjacent to an activating group) is 1. The van der Waals surface area contributed by atoms with Crippen LogP contribution in [0.25, 0.3) is 0 Å². The van der Waals surface area contributed by atoms with Gasteiger partial charge in [0, 0.05) is 50.6 Å². The lowest BCUT2D eigenvalue weighted by molar-refractivity contribution is 0.193. The van der Waals surface area contributed by atoms with Crippen LogP contribution >= 0.6 is 12.4 Å². The number of carbonyl (C=O) groups is 1. The Morgan fingerprint density at radius 1 is 1.18 bits per heavy atom. The Kier molecular flexibility index (Phi) is 7.27. The molecule has 0 saturated carbocycles. The number of carbonyl (C=O) groups excluding carboxylic acids is 1. The van der Waals surface area contributed by atoms with Crippen molar-refractivity contribution in [1.29, 1.82) is 0 Å². The van der Waals surface area contributed by atoms with Crippen molar-refractivity contribution in [3.8, 4) is 0 Å². The summed E-state index contributed by atoms with van der Waals surface area (Å²) in [6, 6.07) is 7.92. The molecule has 7 heteroatoms. The number of nitrogens with one attached hydrogen (secondary N) is 1. The lowest BCUT2D eigenvalue weighted by Gasteiger charge is -2.36. The van der Waals surface area contributed by atoms with Crippen LogP contribution < -0.4 is 16.0 Å². The number of hydrogen-bond donors (Lipinski definition) is 2. The quantitative estimate of drug-likeness (QED) is 0.812. The number of nitrogen functional groups attached to an aromatic ring is 1. The van der Waals surface area contributed by atoms with Crippen LogP contribution in [-0.2, 0) is 0 Å². The van der Waals surface area contributed by atoms with Gasteiger partial charge in [-0.2, -0.15) is 0 Å². The summed E-state index contributed by atoms with van der Waals surface area (Å²) in [7, 11) is 4.00. The van der Waals surface area contributed by atoms with Gasteiger partial charge in [-0.3, -0.25) is 0 Å². The SMILES string of the molecule is CN(C)CCNC(=O)N1CCN(c2ccc(N)cc2)CC1.Cl. The molecule has 6 nitrogen and oxygen atoms in total. The van der Waals surface area contributed by atoms with Crippen LogP contribution in [0.2, 0.25) is 0 Å². The Morgan fingerprint density at radius 2 is 1.77 bits per heavy atom. The van der Waals surface area contributed by atoms with Gasteiger partial charge in [0.15, 0.2) is 0 Å². The Morgan fingerprint density at radius 3 is 2.32 bits per heavy atom. The van der Waals surface area contributed by atoms with Crippen molar-refractivity contribution in [3.63, 3.8) is 0 Å². The van der Waals surface area contributed by atoms with Crippen molar-refractivity contribution >= 4 is 29.8 Å². The van der Waals surface area contributed by atoms with Crippen LogP contribution in [0.5, 0.6) is 0 Å². The monoisotopic (exact) mass is 327 g/mol. The van der Waals surface area contributed by atoms with E-state index in [0.29, 0.717) is 6.54 Å². The fourth-order valence-electron chi connectivity index (χ4n) is 2.35. The zero-order valence-corrected chi connectivity index (χ0v) is 14.1. The molecule has 1 aliphatic heterocycles. The van der Waals surface area contributed by atoms with Crippen LogP contribution in [0.15, 0.2) is 24.3 Å². The molecule has 0 bridgehead atoms. The van der Waals surface area contributed by atoms with E-state index in [2.05, 4.69) is 15.1 Å². The van der Waals surface area contributed by atoms with Crippen molar-refractivity contribution in [3.05, 3.63) is 24.3 Å². The Balaban J connectivity index is 0.00000242. The standard InChI is InChI=1S/C15H25N5O.ClH/c1-18(2)8-7-17-15(21)20-11-9-19(10-12-20)14-5-3-13(16)4-6-14;/h3-6H,7-12,16H2,1-2H3,(H,17,21);1H. The van der Waals surface area contributed by atoms with Gasteiger partial charge in [-0.15, -0.1) is 12.4 Å². The number of halogens is 1. The zero-order valence-electron chi connectivity index (χ0n) is 13.3. The second-order valence-corrected chi connectivity index (χ2v) is 5.60. The Labute approximate surface area is 138 Å². The molecule has 0 unspecified atom stereocenters. The van der Waals surface area contributed by atoms with E-state index >= 15 is 0 Å². The van der Waals surface area contributed by atoms with Crippen molar-refractivity contribution < 1.29 is 4.79 Å². The van der Waals surface area contributed by atoms with Crippen molar-refractivity contribution in [2.45, 2.75) is 0 Å². The van der Waals surface area contributed by atoms with Crippen LogP contribution in [0.4, 0.5) is 16.2 Å². The van der Waals surface area contributed by atoms with E-state index in [-0.39, 0.29) is 18.4 Å². The predicted octanol–water partition coefficient (Wildman–Crippen LogP) is 1.08. The summed E-state index contributed by atoms with van der Waals surface area (Å²) >= 11 is 0. The summed E-state index contributed by atoms with van der Waals surface area (Å²) in [6.45, 7) is 4.74. The number of benzene rings is 1. The third kappa shape index (κ3) is 5.27. The highest BCUT2D eigenvalue weighted by molar-refractivity contribution is 5.85. The van der Waals surface area contributed by atoms with Crippen LogP contribution in [-0.4, -0.2) is 69.2 Å². The van der Waals surface area contributed by atoms with Crippen molar-refractivity contribution in [2.75, 3.05) is 64.0 Å². The number of piperazine rings is 1. The highest BCUT2D eigenvalue weighted by Crippen LogP contribution is 2.18. The molecular weight excluding hydrogens is 302 g/mol. The fraction of sp³-hybridized carbons (Fsp3) is 0.533. The fourth-order valence-corrected chi connectivity index (χ4v) is 2.35. The number of hydrogen-bond acceptors (Lipinski definition) is 4. The first kappa shape index (κ1) is 18.4. The van der Waals surface area contributed by atoms with E-state index in [9.17, 15) is 4.79 Å². The Hall–Kier alpha value is -1.66. The van der Waals surface area contributed by atoms with Crippen LogP contribution in [0.3, 0.4) is 0 Å². The molecule has 2 rings (SSSR count). The van der Waals surface area contributed by atoms with Gasteiger partial charge >= 0.3 is 6.03 Å². The maximum absolute atomic E-state index is 12.0. The summed E-state index contributed by atoms with van der Waals surface area (Å²) in [6.07, 6.45) is 0. The molecular formula is C15H26ClN5O. The molecule has 1 aromatic rings. The molecule has 22 heavy (non-hydrogen) atoms. The van der Waals surface area contributed by atoms with Crippen molar-refractivity contribution in [1.82, 2.24) is 15.1 Å². The van der Waals surface area contributed by atoms with Crippen molar-refractivity contribution in [2.24, 2.45) is 0 Å². The number of anilines is 2. The highest BCUT2D eigenvalue weighted by Gasteiger charge is 2.20. The predicted molar refractivity (Wildman–Crippen MR) is 93.8 cm³/mol. The van der Waals surface area contributed by atoms with E-state index in [0.717, 1.165) is 44.1 Å². The zero-order chi connectivity index (χ0) is 15.2. The average molecular weight is 328 g/mol. The minimum absolute atomic E-state index is 0. The van der Waals surface area contributed by atoms with Crippen LogP contribution in [0, 0.1) is 0 Å². The molecule has 1 saturated heterocycles. The van der Waals surface area contributed by atoms with E-state index in [1.807, 2.05) is 43.3 Å². The Bertz CT molecular complexity index is 458. The van der Waals surface area contributed by atoms with Gasteiger partial charge in [0.2, 0.25) is 0 Å². The van der Waals surface area contributed by atoms with Crippen LogP contribution in [0.1, 0.15) is 0 Å². The molecule has 0 aliphatic carbocycles. The number of rotatable bonds is 4. The first-order valence-corrected chi connectivity index (χ1v) is 7.34. The molecule has 0 radical (unpaired) electrons. The maximum atomic E-state index is 12.0. The topological polar surface area (TPSA) is 64.8 Å². The second-order valence-electron chi connectivity index (χ2n) is 5.60. The van der Waals surface area contributed by atoms with E-state index in [4.69, 9.17) is 5.73 Å². The highest BCUT2D eigenvalue weighted by atomic mass is 35.5. The third-order valence-corrected chi connectivity index (χ3v) is 3.66. The number of nitrogens with two attached hydrogens (primary N) is 1. The van der Waals surface area contributed by atoms with Gasteiger partial charge in [0.1, 0.15) is 0 Å². The smallest absolute Gasteiger partial charge is 0.317 e. The van der Waals surface area contributed by atoms with Gasteiger partial charge in [-0.05, 0) is 38.4 Å². The number of amides is 2. The second kappa shape index (κ2) is 8.70. The van der Waals surface area contributed by atoms with E-state index in [1.165, 1.54) is 0 Å². The molecule has 3 N–H and O–H groups in total. The largest absolute Gasteiger partial charge is 0.399 e. The average Bonchev–Trinajstić information content (AvgIpc) is 2.48. The van der Waals surface area contributed by atoms with Gasteiger partial charge in [-0.1, -0.05) is 0 Å².